The second-order valence-electron chi connectivity index (χ2n) is 9.78. The van der Waals surface area contributed by atoms with Crippen LogP contribution in [0.2, 0.25) is 0 Å². The van der Waals surface area contributed by atoms with Crippen LogP contribution in [0.4, 0.5) is 5.69 Å². The molecule has 1 aromatic rings. The van der Waals surface area contributed by atoms with Crippen molar-refractivity contribution in [2.45, 2.75) is 76.9 Å². The summed E-state index contributed by atoms with van der Waals surface area (Å²) in [5.74, 6) is 0.608. The number of esters is 1. The average Bonchev–Trinajstić information content (AvgIpc) is 2.59. The average molecular weight is 386 g/mol. The molecule has 3 atom stereocenters. The van der Waals surface area contributed by atoms with Gasteiger partial charge in [-0.15, -0.1) is 0 Å². The van der Waals surface area contributed by atoms with Crippen LogP contribution >= 0.6 is 0 Å². The molecule has 0 aromatic heterocycles. The molecule has 0 heterocycles. The Balaban J connectivity index is 1.38. The number of amides is 1. The molecule has 4 bridgehead atoms. The van der Waals surface area contributed by atoms with E-state index in [-0.39, 0.29) is 11.9 Å². The van der Waals surface area contributed by atoms with Crippen LogP contribution < -0.4 is 5.32 Å². The molecule has 5 nitrogen and oxygen atoms in total. The van der Waals surface area contributed by atoms with Crippen molar-refractivity contribution >= 4 is 17.6 Å². The lowest BCUT2D eigenvalue weighted by Gasteiger charge is -2.58. The number of carbonyl (C=O) groups is 2. The lowest BCUT2D eigenvalue weighted by molar-refractivity contribution is -0.199. The van der Waals surface area contributed by atoms with Crippen molar-refractivity contribution in [3.05, 3.63) is 29.8 Å². The van der Waals surface area contributed by atoms with Gasteiger partial charge in [-0.05, 0) is 80.9 Å². The number of carbonyl (C=O) groups excluding carboxylic acids is 2. The Morgan fingerprint density at radius 1 is 1.07 bits per heavy atom. The summed E-state index contributed by atoms with van der Waals surface area (Å²) < 4.78 is 5.61. The number of hydrogen-bond acceptors (Lipinski definition) is 4. The van der Waals surface area contributed by atoms with Crippen LogP contribution in [0.25, 0.3) is 0 Å². The van der Waals surface area contributed by atoms with Gasteiger partial charge in [0.15, 0.2) is 6.10 Å². The van der Waals surface area contributed by atoms with Crippen LogP contribution in [0.15, 0.2) is 24.3 Å². The van der Waals surface area contributed by atoms with Crippen molar-refractivity contribution in [3.63, 3.8) is 0 Å². The summed E-state index contributed by atoms with van der Waals surface area (Å²) in [4.78, 5) is 25.5. The molecular weight excluding hydrogens is 354 g/mol. The molecule has 4 aliphatic carbocycles. The van der Waals surface area contributed by atoms with Gasteiger partial charge in [-0.2, -0.15) is 0 Å². The number of benzene rings is 1. The highest BCUT2D eigenvalue weighted by molar-refractivity contribution is 5.95. The summed E-state index contributed by atoms with van der Waals surface area (Å²) in [6, 6.07) is 7.73. The molecular formula is C23H31NO4. The van der Waals surface area contributed by atoms with Crippen molar-refractivity contribution in [2.75, 3.05) is 5.32 Å². The molecule has 4 aliphatic rings. The van der Waals surface area contributed by atoms with Gasteiger partial charge in [-0.1, -0.05) is 26.0 Å². The molecule has 0 aliphatic heterocycles. The van der Waals surface area contributed by atoms with E-state index in [0.717, 1.165) is 32.1 Å². The Labute approximate surface area is 166 Å². The number of ether oxygens (including phenoxy) is 1. The Bertz CT molecular complexity index is 755. The Hall–Kier alpha value is -1.88. The largest absolute Gasteiger partial charge is 0.452 e. The topological polar surface area (TPSA) is 75.6 Å². The van der Waals surface area contributed by atoms with E-state index in [1.54, 1.807) is 6.92 Å². The molecule has 5 heteroatoms. The van der Waals surface area contributed by atoms with Crippen LogP contribution in [0.1, 0.15) is 70.8 Å². The molecule has 152 valence electrons. The number of rotatable bonds is 5. The molecule has 1 aromatic carbocycles. The van der Waals surface area contributed by atoms with Crippen LogP contribution in [0.3, 0.4) is 0 Å². The summed E-state index contributed by atoms with van der Waals surface area (Å²) in [5, 5.41) is 13.7. The first-order chi connectivity index (χ1) is 13.2. The Kier molecular flexibility index (Phi) is 4.77. The van der Waals surface area contributed by atoms with Crippen LogP contribution in [0.5, 0.6) is 0 Å². The lowest BCUT2D eigenvalue weighted by Crippen LogP contribution is -2.59. The Morgan fingerprint density at radius 3 is 2.21 bits per heavy atom. The van der Waals surface area contributed by atoms with E-state index in [1.165, 1.54) is 5.56 Å². The zero-order chi connectivity index (χ0) is 20.1. The number of hydrogen-bond donors (Lipinski definition) is 2. The van der Waals surface area contributed by atoms with Gasteiger partial charge in [0.25, 0.3) is 5.91 Å². The summed E-state index contributed by atoms with van der Waals surface area (Å²) in [5.41, 5.74) is 0.581. The van der Waals surface area contributed by atoms with Gasteiger partial charge >= 0.3 is 5.97 Å². The maximum absolute atomic E-state index is 13.0. The quantitative estimate of drug-likeness (QED) is 0.751. The molecule has 28 heavy (non-hydrogen) atoms. The highest BCUT2D eigenvalue weighted by atomic mass is 16.5. The minimum atomic E-state index is -0.861. The maximum atomic E-state index is 13.0. The first kappa shape index (κ1) is 19.4. The lowest BCUT2D eigenvalue weighted by atomic mass is 9.48. The SMILES string of the molecule is CC(OC(=O)C12CC3CC(CC(O)(C3)C1)C2)C(=O)Nc1ccc(C(C)C)cc1. The van der Waals surface area contributed by atoms with E-state index in [2.05, 4.69) is 19.2 Å². The minimum Gasteiger partial charge on any atom is -0.452 e. The van der Waals surface area contributed by atoms with Crippen LogP contribution in [-0.4, -0.2) is 28.7 Å². The fourth-order valence-corrected chi connectivity index (χ4v) is 5.99. The minimum absolute atomic E-state index is 0.308. The Morgan fingerprint density at radius 2 is 1.68 bits per heavy atom. The van der Waals surface area contributed by atoms with Crippen molar-refractivity contribution in [2.24, 2.45) is 17.3 Å². The highest BCUT2D eigenvalue weighted by Crippen LogP contribution is 2.62. The number of anilines is 1. The first-order valence-corrected chi connectivity index (χ1v) is 10.5. The summed E-state index contributed by atoms with van der Waals surface area (Å²) in [7, 11) is 0. The van der Waals surface area contributed by atoms with E-state index >= 15 is 0 Å². The molecule has 0 radical (unpaired) electrons. The van der Waals surface area contributed by atoms with Crippen molar-refractivity contribution in [1.82, 2.24) is 0 Å². The van der Waals surface area contributed by atoms with E-state index in [4.69, 9.17) is 4.74 Å². The second-order valence-corrected chi connectivity index (χ2v) is 9.78. The van der Waals surface area contributed by atoms with Gasteiger partial charge in [0.2, 0.25) is 0 Å². The molecule has 0 spiro atoms. The summed E-state index contributed by atoms with van der Waals surface area (Å²) >= 11 is 0. The van der Waals surface area contributed by atoms with E-state index in [1.807, 2.05) is 24.3 Å². The zero-order valence-corrected chi connectivity index (χ0v) is 17.0. The van der Waals surface area contributed by atoms with Crippen molar-refractivity contribution < 1.29 is 19.4 Å². The smallest absolute Gasteiger partial charge is 0.312 e. The zero-order valence-electron chi connectivity index (χ0n) is 17.0. The molecule has 2 N–H and O–H groups in total. The van der Waals surface area contributed by atoms with Crippen LogP contribution in [0, 0.1) is 17.3 Å². The molecule has 3 unspecified atom stereocenters. The maximum Gasteiger partial charge on any atom is 0.312 e. The van der Waals surface area contributed by atoms with E-state index < -0.39 is 17.1 Å². The standard InChI is InChI=1S/C23H31NO4/c1-14(2)18-4-6-19(7-5-18)24-20(25)15(3)28-21(26)22-9-16-8-17(10-22)12-23(27,11-16)13-22/h4-7,14-17,27H,8-13H2,1-3H3,(H,24,25). The first-order valence-electron chi connectivity index (χ1n) is 10.5. The monoisotopic (exact) mass is 385 g/mol. The fraction of sp³-hybridized carbons (Fsp3) is 0.652. The number of nitrogens with one attached hydrogen (secondary N) is 1. The molecule has 4 saturated carbocycles. The third kappa shape index (κ3) is 3.57. The van der Waals surface area contributed by atoms with Crippen LogP contribution in [-0.2, 0) is 14.3 Å². The van der Waals surface area contributed by atoms with Gasteiger partial charge in [0, 0.05) is 5.69 Å². The van der Waals surface area contributed by atoms with Gasteiger partial charge in [-0.25, -0.2) is 0 Å². The molecule has 5 rings (SSSR count). The third-order valence-corrected chi connectivity index (χ3v) is 6.96. The molecule has 1 amide bonds. The van der Waals surface area contributed by atoms with Gasteiger partial charge < -0.3 is 15.2 Å². The van der Waals surface area contributed by atoms with Crippen molar-refractivity contribution in [3.8, 4) is 0 Å². The fourth-order valence-electron chi connectivity index (χ4n) is 5.99. The van der Waals surface area contributed by atoms with Gasteiger partial charge in [0.1, 0.15) is 0 Å². The van der Waals surface area contributed by atoms with Gasteiger partial charge in [0.05, 0.1) is 11.0 Å². The second kappa shape index (κ2) is 6.87. The van der Waals surface area contributed by atoms with E-state index in [9.17, 15) is 14.7 Å². The number of aliphatic hydroxyl groups is 1. The highest BCUT2D eigenvalue weighted by Gasteiger charge is 2.61. The predicted molar refractivity (Wildman–Crippen MR) is 107 cm³/mol. The van der Waals surface area contributed by atoms with Gasteiger partial charge in [-0.3, -0.25) is 9.59 Å². The summed E-state index contributed by atoms with van der Waals surface area (Å²) in [6.45, 7) is 5.86. The van der Waals surface area contributed by atoms with E-state index in [0.29, 0.717) is 29.9 Å². The molecule has 4 fully saturated rings. The summed E-state index contributed by atoms with van der Waals surface area (Å²) in [6.07, 6.45) is 3.92. The predicted octanol–water partition coefficient (Wildman–Crippen LogP) is 4.01. The molecule has 0 saturated heterocycles. The third-order valence-electron chi connectivity index (χ3n) is 6.96. The normalized spacial score (nSPS) is 34.3. The van der Waals surface area contributed by atoms with Crippen molar-refractivity contribution in [1.29, 1.82) is 0 Å².